The zero-order valence-electron chi connectivity index (χ0n) is 18.9. The van der Waals surface area contributed by atoms with Gasteiger partial charge in [-0.2, -0.15) is 5.26 Å². The lowest BCUT2D eigenvalue weighted by Crippen LogP contribution is -2.59. The Morgan fingerprint density at radius 1 is 0.968 bits per heavy atom. The number of carbonyl (C=O) groups excluding carboxylic acids is 2. The Bertz CT molecular complexity index is 995. The maximum absolute atomic E-state index is 13.2. The van der Waals surface area contributed by atoms with E-state index in [2.05, 4.69) is 12.1 Å². The summed E-state index contributed by atoms with van der Waals surface area (Å²) in [4.78, 5) is 26.5. The highest BCUT2D eigenvalue weighted by Gasteiger charge is 2.64. The fraction of sp³-hybridized carbons (Fsp3) is 0.542. The molecule has 7 nitrogen and oxygen atoms in total. The zero-order chi connectivity index (χ0) is 22.7. The summed E-state index contributed by atoms with van der Waals surface area (Å²) in [5.41, 5.74) is 1.65. The Morgan fingerprint density at radius 3 is 2.00 bits per heavy atom. The molecule has 1 saturated heterocycles. The van der Waals surface area contributed by atoms with Crippen molar-refractivity contribution in [3.05, 3.63) is 41.5 Å². The first-order valence-corrected chi connectivity index (χ1v) is 10.7. The van der Waals surface area contributed by atoms with Gasteiger partial charge < -0.3 is 9.47 Å². The van der Waals surface area contributed by atoms with E-state index < -0.39 is 23.4 Å². The molecule has 0 radical (unpaired) electrons. The summed E-state index contributed by atoms with van der Waals surface area (Å²) in [6.45, 7) is 10.8. The third kappa shape index (κ3) is 3.54. The highest BCUT2D eigenvalue weighted by molar-refractivity contribution is 5.83. The van der Waals surface area contributed by atoms with Gasteiger partial charge in [0.15, 0.2) is 0 Å². The second kappa shape index (κ2) is 7.01. The van der Waals surface area contributed by atoms with Crippen molar-refractivity contribution in [1.29, 1.82) is 5.26 Å². The molecule has 3 aliphatic rings. The monoisotopic (exact) mass is 423 g/mol. The number of allylic oxidation sites excluding steroid dienone is 1. The molecule has 1 saturated carbocycles. The number of hydrazine groups is 1. The predicted octanol–water partition coefficient (Wildman–Crippen LogP) is 4.85. The van der Waals surface area contributed by atoms with E-state index in [4.69, 9.17) is 9.47 Å². The molecule has 2 amide bonds. The lowest BCUT2D eigenvalue weighted by atomic mass is 9.88. The van der Waals surface area contributed by atoms with Gasteiger partial charge in [-0.25, -0.2) is 19.6 Å². The lowest BCUT2D eigenvalue weighted by Gasteiger charge is -2.43. The first-order valence-electron chi connectivity index (χ1n) is 10.7. The van der Waals surface area contributed by atoms with E-state index in [1.807, 2.05) is 18.2 Å². The molecule has 2 fully saturated rings. The number of nitrogens with zero attached hydrogens (tertiary/aromatic N) is 3. The number of benzene rings is 1. The Labute approximate surface area is 183 Å². The van der Waals surface area contributed by atoms with E-state index >= 15 is 0 Å². The fourth-order valence-electron chi connectivity index (χ4n) is 5.18. The molecule has 0 spiro atoms. The topological polar surface area (TPSA) is 82.9 Å². The van der Waals surface area contributed by atoms with E-state index in [1.165, 1.54) is 10.0 Å². The van der Waals surface area contributed by atoms with E-state index in [9.17, 15) is 14.9 Å². The number of carbonyl (C=O) groups is 2. The standard InChI is InChI=1S/C24H29N3O4/c1-23(2,3)30-21(28)26-17-13-18(27(26)22(29)31-24(4,5)6)20-16(11-12-25)14-9-7-8-10-15(14)19(17)20/h7-11,17-20H,13H2,1-6H3/b16-11-/t17-,18+,19+,20-/m0/s1. The van der Waals surface area contributed by atoms with Crippen LogP contribution in [0.1, 0.15) is 65.0 Å². The summed E-state index contributed by atoms with van der Waals surface area (Å²) in [6, 6.07) is 9.61. The molecule has 31 heavy (non-hydrogen) atoms. The summed E-state index contributed by atoms with van der Waals surface area (Å²) in [5.74, 6) is -0.0553. The molecule has 4 rings (SSSR count). The van der Waals surface area contributed by atoms with Crippen LogP contribution in [0.2, 0.25) is 0 Å². The van der Waals surface area contributed by atoms with Crippen molar-refractivity contribution < 1.29 is 19.1 Å². The van der Waals surface area contributed by atoms with Gasteiger partial charge in [0.25, 0.3) is 0 Å². The van der Waals surface area contributed by atoms with Gasteiger partial charge in [-0.3, -0.25) is 0 Å². The van der Waals surface area contributed by atoms with Crippen LogP contribution in [0.4, 0.5) is 9.59 Å². The fourth-order valence-corrected chi connectivity index (χ4v) is 5.18. The molecule has 1 aromatic carbocycles. The zero-order valence-corrected chi connectivity index (χ0v) is 18.9. The minimum absolute atomic E-state index is 0.00649. The Kier molecular flexibility index (Phi) is 4.80. The average Bonchev–Trinajstić information content (AvgIpc) is 3.28. The lowest BCUT2D eigenvalue weighted by molar-refractivity contribution is -0.0844. The van der Waals surface area contributed by atoms with Gasteiger partial charge in [-0.15, -0.1) is 0 Å². The average molecular weight is 424 g/mol. The predicted molar refractivity (Wildman–Crippen MR) is 115 cm³/mol. The van der Waals surface area contributed by atoms with Crippen LogP contribution in [0.25, 0.3) is 5.57 Å². The molecular formula is C24H29N3O4. The third-order valence-corrected chi connectivity index (χ3v) is 5.93. The van der Waals surface area contributed by atoms with Crippen molar-refractivity contribution >= 4 is 17.8 Å². The van der Waals surface area contributed by atoms with Crippen molar-refractivity contribution in [3.8, 4) is 6.07 Å². The second-order valence-corrected chi connectivity index (χ2v) is 10.4. The van der Waals surface area contributed by atoms with E-state index in [-0.39, 0.29) is 23.9 Å². The van der Waals surface area contributed by atoms with Crippen molar-refractivity contribution in [2.45, 2.75) is 77.2 Å². The summed E-state index contributed by atoms with van der Waals surface area (Å²) in [7, 11) is 0. The Balaban J connectivity index is 1.78. The van der Waals surface area contributed by atoms with Gasteiger partial charge in [0, 0.05) is 17.9 Å². The van der Waals surface area contributed by atoms with E-state index in [1.54, 1.807) is 47.6 Å². The molecule has 2 bridgehead atoms. The van der Waals surface area contributed by atoms with Crippen LogP contribution in [-0.2, 0) is 9.47 Å². The molecule has 4 atom stereocenters. The van der Waals surface area contributed by atoms with Crippen LogP contribution >= 0.6 is 0 Å². The van der Waals surface area contributed by atoms with Crippen molar-refractivity contribution in [2.24, 2.45) is 5.92 Å². The van der Waals surface area contributed by atoms with Gasteiger partial charge in [0.05, 0.1) is 18.2 Å². The molecule has 0 N–H and O–H groups in total. The number of rotatable bonds is 0. The molecule has 1 aliphatic heterocycles. The van der Waals surface area contributed by atoms with E-state index in [0.29, 0.717) is 6.42 Å². The number of hydrogen-bond donors (Lipinski definition) is 0. The quantitative estimate of drug-likeness (QED) is 0.557. The minimum atomic E-state index is -0.706. The Hall–Kier alpha value is -3.01. The summed E-state index contributed by atoms with van der Waals surface area (Å²) >= 11 is 0. The van der Waals surface area contributed by atoms with Gasteiger partial charge in [0.2, 0.25) is 0 Å². The van der Waals surface area contributed by atoms with Crippen LogP contribution in [-0.4, -0.2) is 45.5 Å². The molecule has 1 aromatic rings. The van der Waals surface area contributed by atoms with Crippen LogP contribution in [0.5, 0.6) is 0 Å². The molecule has 0 aromatic heterocycles. The highest BCUT2D eigenvalue weighted by Crippen LogP contribution is 2.60. The number of ether oxygens (including phenoxy) is 2. The molecular weight excluding hydrogens is 394 g/mol. The first-order chi connectivity index (χ1) is 14.4. The van der Waals surface area contributed by atoms with Crippen molar-refractivity contribution in [1.82, 2.24) is 10.0 Å². The summed E-state index contributed by atoms with van der Waals surface area (Å²) in [6.07, 6.45) is 1.07. The Morgan fingerprint density at radius 2 is 1.48 bits per heavy atom. The third-order valence-electron chi connectivity index (χ3n) is 5.93. The largest absolute Gasteiger partial charge is 0.442 e. The minimum Gasteiger partial charge on any atom is -0.442 e. The normalized spacial score (nSPS) is 27.7. The number of hydrogen-bond acceptors (Lipinski definition) is 5. The highest BCUT2D eigenvalue weighted by atomic mass is 16.6. The molecule has 7 heteroatoms. The molecule has 1 heterocycles. The number of fused-ring (bicyclic) bond motifs is 7. The smallest absolute Gasteiger partial charge is 0.429 e. The number of amides is 2. The SMILES string of the molecule is CC(C)(C)OC(=O)N1[C@@H]2C[C@@H]([C@H]3c4ccccc4/C(=C/C#N)[C@H]32)N1C(=O)OC(C)(C)C. The van der Waals surface area contributed by atoms with Crippen LogP contribution in [0.15, 0.2) is 30.3 Å². The van der Waals surface area contributed by atoms with Crippen LogP contribution < -0.4 is 0 Å². The van der Waals surface area contributed by atoms with Crippen LogP contribution in [0, 0.1) is 17.2 Å². The molecule has 164 valence electrons. The maximum atomic E-state index is 13.2. The van der Waals surface area contributed by atoms with E-state index in [0.717, 1.165) is 16.7 Å². The van der Waals surface area contributed by atoms with Crippen molar-refractivity contribution in [3.63, 3.8) is 0 Å². The van der Waals surface area contributed by atoms with Crippen molar-refractivity contribution in [2.75, 3.05) is 0 Å². The second-order valence-electron chi connectivity index (χ2n) is 10.4. The summed E-state index contributed by atoms with van der Waals surface area (Å²) < 4.78 is 11.3. The van der Waals surface area contributed by atoms with Crippen LogP contribution in [0.3, 0.4) is 0 Å². The van der Waals surface area contributed by atoms with Gasteiger partial charge in [-0.1, -0.05) is 24.3 Å². The first kappa shape index (κ1) is 21.2. The summed E-state index contributed by atoms with van der Waals surface area (Å²) in [5, 5.41) is 12.3. The maximum Gasteiger partial charge on any atom is 0.429 e. The number of nitriles is 1. The van der Waals surface area contributed by atoms with Gasteiger partial charge in [-0.05, 0) is 64.7 Å². The molecule has 2 aliphatic carbocycles. The molecule has 0 unspecified atom stereocenters. The van der Waals surface area contributed by atoms with Gasteiger partial charge >= 0.3 is 12.2 Å². The van der Waals surface area contributed by atoms with Gasteiger partial charge in [0.1, 0.15) is 11.2 Å².